The minimum absolute atomic E-state index is 0.318. The first kappa shape index (κ1) is 19.7. The molecule has 1 aliphatic rings. The number of hydrogen-bond donors (Lipinski definition) is 0. The number of Topliss-reactive ketones (excluding diaryl/α,β-unsaturated/α-hetero) is 1. The van der Waals surface area contributed by atoms with Gasteiger partial charge in [0.25, 0.3) is 5.78 Å². The van der Waals surface area contributed by atoms with Crippen molar-refractivity contribution in [3.63, 3.8) is 0 Å². The first-order valence-electron chi connectivity index (χ1n) is 9.67. The first-order valence-corrected chi connectivity index (χ1v) is 10.0. The maximum atomic E-state index is 12.7. The van der Waals surface area contributed by atoms with Gasteiger partial charge in [-0.2, -0.15) is 0 Å². The number of halogens is 1. The number of likely N-dealkylation sites (N-methyl/N-ethyl adjacent to an activating group) is 1. The number of methoxy groups -OCH3 is 1. The van der Waals surface area contributed by atoms with Crippen molar-refractivity contribution in [2.24, 2.45) is 0 Å². The molecule has 1 aliphatic heterocycles. The molecule has 0 saturated carbocycles. The molecule has 0 aliphatic carbocycles. The van der Waals surface area contributed by atoms with Crippen molar-refractivity contribution in [1.82, 2.24) is 9.47 Å². The summed E-state index contributed by atoms with van der Waals surface area (Å²) in [6.07, 6.45) is 1.63. The smallest absolute Gasteiger partial charge is 0.379 e. The first-order chi connectivity index (χ1) is 14.0. The number of esters is 1. The molecule has 2 aromatic carbocycles. The molecule has 4 rings (SSSR count). The molecule has 0 N–H and O–H groups in total. The molecule has 29 heavy (non-hydrogen) atoms. The summed E-state index contributed by atoms with van der Waals surface area (Å²) in [4.78, 5) is 27.0. The van der Waals surface area contributed by atoms with Crippen LogP contribution in [0.2, 0.25) is 5.02 Å². The van der Waals surface area contributed by atoms with E-state index >= 15 is 0 Å². The van der Waals surface area contributed by atoms with Crippen LogP contribution in [0.3, 0.4) is 0 Å². The van der Waals surface area contributed by atoms with Crippen LogP contribution in [0.1, 0.15) is 28.0 Å². The second-order valence-electron chi connectivity index (χ2n) is 7.51. The molecule has 0 radical (unpaired) electrons. The molecule has 1 aromatic heterocycles. The summed E-state index contributed by atoms with van der Waals surface area (Å²) in [6, 6.07) is 16.1. The molecular weight excluding hydrogens is 388 g/mol. The average Bonchev–Trinajstić information content (AvgIpc) is 3.06. The molecule has 1 unspecified atom stereocenters. The number of carbonyl (C=O) groups is 2. The predicted octanol–water partition coefficient (Wildman–Crippen LogP) is 4.10. The minimum atomic E-state index is -0.835. The van der Waals surface area contributed by atoms with Gasteiger partial charge in [0.2, 0.25) is 0 Å². The molecule has 3 aromatic rings. The molecule has 150 valence electrons. The van der Waals surface area contributed by atoms with Crippen LogP contribution >= 0.6 is 11.6 Å². The number of carbonyl (C=O) groups excluding carboxylic acids is 2. The Morgan fingerprint density at radius 1 is 1.21 bits per heavy atom. The zero-order valence-electron chi connectivity index (χ0n) is 16.5. The Balaban J connectivity index is 1.70. The van der Waals surface area contributed by atoms with E-state index in [0.29, 0.717) is 23.0 Å². The van der Waals surface area contributed by atoms with E-state index in [1.165, 1.54) is 12.7 Å². The number of benzene rings is 2. The van der Waals surface area contributed by atoms with Crippen LogP contribution in [0.5, 0.6) is 0 Å². The van der Waals surface area contributed by atoms with Crippen LogP contribution in [-0.2, 0) is 29.0 Å². The van der Waals surface area contributed by atoms with E-state index in [4.69, 9.17) is 16.3 Å². The Morgan fingerprint density at radius 2 is 1.97 bits per heavy atom. The van der Waals surface area contributed by atoms with E-state index in [2.05, 4.69) is 28.6 Å². The lowest BCUT2D eigenvalue weighted by Gasteiger charge is -2.33. The Labute approximate surface area is 174 Å². The molecule has 0 bridgehead atoms. The number of aromatic nitrogens is 1. The topological polar surface area (TPSA) is 51.5 Å². The molecule has 0 saturated heterocycles. The second kappa shape index (κ2) is 8.01. The molecule has 0 amide bonds. The summed E-state index contributed by atoms with van der Waals surface area (Å²) in [5.41, 5.74) is 3.50. The van der Waals surface area contributed by atoms with Crippen molar-refractivity contribution in [3.8, 4) is 0 Å². The maximum Gasteiger partial charge on any atom is 0.379 e. The van der Waals surface area contributed by atoms with E-state index in [9.17, 15) is 9.59 Å². The Morgan fingerprint density at radius 3 is 2.69 bits per heavy atom. The molecule has 2 heterocycles. The lowest BCUT2D eigenvalue weighted by atomic mass is 9.98. The van der Waals surface area contributed by atoms with Crippen LogP contribution in [0.4, 0.5) is 0 Å². The van der Waals surface area contributed by atoms with Gasteiger partial charge < -0.3 is 9.30 Å². The van der Waals surface area contributed by atoms with E-state index < -0.39 is 11.8 Å². The summed E-state index contributed by atoms with van der Waals surface area (Å²) in [5.74, 6) is -1.43. The van der Waals surface area contributed by atoms with Gasteiger partial charge in [0.1, 0.15) is 0 Å². The minimum Gasteiger partial charge on any atom is -0.463 e. The summed E-state index contributed by atoms with van der Waals surface area (Å²) in [6.45, 7) is 1.60. The quantitative estimate of drug-likeness (QED) is 0.361. The van der Waals surface area contributed by atoms with Gasteiger partial charge in [0.15, 0.2) is 0 Å². The zero-order valence-corrected chi connectivity index (χ0v) is 17.3. The van der Waals surface area contributed by atoms with Crippen molar-refractivity contribution in [1.29, 1.82) is 0 Å². The fourth-order valence-electron chi connectivity index (χ4n) is 4.26. The second-order valence-corrected chi connectivity index (χ2v) is 7.94. The van der Waals surface area contributed by atoms with E-state index in [0.717, 1.165) is 36.1 Å². The highest BCUT2D eigenvalue weighted by atomic mass is 35.5. The SMILES string of the molecule is COC(=O)C(=O)c1c2n(c3cc(Cl)ccc13)CC(N(C)Cc1ccccc1)CC2. The van der Waals surface area contributed by atoms with Crippen LogP contribution in [0.15, 0.2) is 48.5 Å². The van der Waals surface area contributed by atoms with Gasteiger partial charge in [0.05, 0.1) is 18.2 Å². The fraction of sp³-hybridized carbons (Fsp3) is 0.304. The number of rotatable bonds is 5. The van der Waals surface area contributed by atoms with Crippen molar-refractivity contribution in [3.05, 3.63) is 70.4 Å². The van der Waals surface area contributed by atoms with Gasteiger partial charge in [-0.25, -0.2) is 4.79 Å². The van der Waals surface area contributed by atoms with Crippen molar-refractivity contribution in [2.75, 3.05) is 14.2 Å². The van der Waals surface area contributed by atoms with Crippen LogP contribution in [0, 0.1) is 0 Å². The van der Waals surface area contributed by atoms with E-state index in [1.807, 2.05) is 30.3 Å². The van der Waals surface area contributed by atoms with Crippen LogP contribution in [-0.4, -0.2) is 41.4 Å². The van der Waals surface area contributed by atoms with Gasteiger partial charge in [-0.3, -0.25) is 9.69 Å². The van der Waals surface area contributed by atoms with Crippen LogP contribution < -0.4 is 0 Å². The standard InChI is InChI=1S/C23H23ClN2O3/c1-25(13-15-6-4-3-5-7-15)17-9-11-19-21(22(27)23(28)29-2)18-10-8-16(24)12-20(18)26(19)14-17/h3-8,10,12,17H,9,11,13-14H2,1-2H3. The number of ether oxygens (including phenoxy) is 1. The highest BCUT2D eigenvalue weighted by Crippen LogP contribution is 2.34. The number of fused-ring (bicyclic) bond motifs is 3. The van der Waals surface area contributed by atoms with E-state index in [-0.39, 0.29) is 0 Å². The Bertz CT molecular complexity index is 1070. The third kappa shape index (κ3) is 3.68. The third-order valence-corrected chi connectivity index (χ3v) is 5.97. The number of hydrogen-bond acceptors (Lipinski definition) is 4. The molecule has 6 heteroatoms. The van der Waals surface area contributed by atoms with Gasteiger partial charge in [0, 0.05) is 35.2 Å². The third-order valence-electron chi connectivity index (χ3n) is 5.74. The van der Waals surface area contributed by atoms with E-state index in [1.54, 1.807) is 6.07 Å². The molecule has 0 fully saturated rings. The summed E-state index contributed by atoms with van der Waals surface area (Å²) in [7, 11) is 3.36. The number of nitrogens with zero attached hydrogens (tertiary/aromatic N) is 2. The largest absolute Gasteiger partial charge is 0.463 e. The lowest BCUT2D eigenvalue weighted by Crippen LogP contribution is -2.38. The Hall–Kier alpha value is -2.63. The summed E-state index contributed by atoms with van der Waals surface area (Å²) in [5, 5.41) is 1.36. The molecule has 5 nitrogen and oxygen atoms in total. The van der Waals surface area contributed by atoms with Gasteiger partial charge >= 0.3 is 5.97 Å². The summed E-state index contributed by atoms with van der Waals surface area (Å²) < 4.78 is 6.84. The molecular formula is C23H23ClN2O3. The molecule has 0 spiro atoms. The normalized spacial score (nSPS) is 16.1. The fourth-order valence-corrected chi connectivity index (χ4v) is 4.42. The zero-order chi connectivity index (χ0) is 20.5. The highest BCUT2D eigenvalue weighted by molar-refractivity contribution is 6.43. The van der Waals surface area contributed by atoms with Crippen molar-refractivity contribution in [2.45, 2.75) is 32.0 Å². The van der Waals surface area contributed by atoms with Crippen molar-refractivity contribution < 1.29 is 14.3 Å². The molecule has 1 atom stereocenters. The lowest BCUT2D eigenvalue weighted by molar-refractivity contribution is -0.135. The van der Waals surface area contributed by atoms with Gasteiger partial charge in [-0.15, -0.1) is 0 Å². The number of ketones is 1. The summed E-state index contributed by atoms with van der Waals surface area (Å²) >= 11 is 6.25. The predicted molar refractivity (Wildman–Crippen MR) is 113 cm³/mol. The maximum absolute atomic E-state index is 12.7. The highest BCUT2D eigenvalue weighted by Gasteiger charge is 2.32. The monoisotopic (exact) mass is 410 g/mol. The Kier molecular flexibility index (Phi) is 5.43. The van der Waals surface area contributed by atoms with Crippen molar-refractivity contribution >= 4 is 34.3 Å². The van der Waals surface area contributed by atoms with Crippen LogP contribution in [0.25, 0.3) is 10.9 Å². The van der Waals surface area contributed by atoms with Gasteiger partial charge in [-0.1, -0.05) is 48.0 Å². The van der Waals surface area contributed by atoms with Gasteiger partial charge in [-0.05, 0) is 37.6 Å². The average molecular weight is 411 g/mol.